The van der Waals surface area contributed by atoms with Gasteiger partial charge in [-0.05, 0) is 70.8 Å². The highest BCUT2D eigenvalue weighted by molar-refractivity contribution is 9.10. The molecule has 4 nitrogen and oxygen atoms in total. The zero-order valence-electron chi connectivity index (χ0n) is 20.1. The molecule has 0 bridgehead atoms. The Bertz CT molecular complexity index is 1300. The molecule has 1 N–H and O–H groups in total. The molecule has 4 aromatic carbocycles. The summed E-state index contributed by atoms with van der Waals surface area (Å²) in [7, 11) is 3.27. The van der Waals surface area contributed by atoms with Crippen LogP contribution in [0.2, 0.25) is 0 Å². The SMILES string of the molecule is COc1ccc(C(O)c2ccc(C#CCOC(c3ccc(Br)cc3)c3ccc(OC)cc3)cc2)cc1. The monoisotopic (exact) mass is 542 g/mol. The van der Waals surface area contributed by atoms with Gasteiger partial charge < -0.3 is 19.3 Å². The van der Waals surface area contributed by atoms with Crippen molar-refractivity contribution in [3.63, 3.8) is 0 Å². The molecule has 2 atom stereocenters. The molecule has 182 valence electrons. The quantitative estimate of drug-likeness (QED) is 0.251. The van der Waals surface area contributed by atoms with E-state index in [2.05, 4.69) is 27.8 Å². The summed E-state index contributed by atoms with van der Waals surface area (Å²) in [6.45, 7) is 0.267. The number of hydrogen-bond donors (Lipinski definition) is 1. The Hall–Kier alpha value is -3.56. The molecule has 0 aliphatic carbocycles. The fraction of sp³-hybridized carbons (Fsp3) is 0.161. The Kier molecular flexibility index (Phi) is 8.80. The molecular formula is C31H27BrO4. The molecule has 5 heteroatoms. The lowest BCUT2D eigenvalue weighted by atomic mass is 10.0. The van der Waals surface area contributed by atoms with E-state index in [1.165, 1.54) is 0 Å². The topological polar surface area (TPSA) is 47.9 Å². The van der Waals surface area contributed by atoms with Crippen LogP contribution in [0.15, 0.2) is 102 Å². The summed E-state index contributed by atoms with van der Waals surface area (Å²) < 4.78 is 17.7. The number of aliphatic hydroxyl groups is 1. The van der Waals surface area contributed by atoms with Crippen molar-refractivity contribution in [2.75, 3.05) is 20.8 Å². The lowest BCUT2D eigenvalue weighted by molar-refractivity contribution is 0.108. The van der Waals surface area contributed by atoms with Gasteiger partial charge in [0.1, 0.15) is 30.3 Å². The fourth-order valence-electron chi connectivity index (χ4n) is 3.79. The molecule has 0 heterocycles. The number of methoxy groups -OCH3 is 2. The highest BCUT2D eigenvalue weighted by Crippen LogP contribution is 2.29. The Balaban J connectivity index is 1.43. The van der Waals surface area contributed by atoms with Crippen LogP contribution in [0.3, 0.4) is 0 Å². The summed E-state index contributed by atoms with van der Waals surface area (Å²) in [5.41, 5.74) is 4.53. The van der Waals surface area contributed by atoms with Crippen LogP contribution in [0.4, 0.5) is 0 Å². The van der Waals surface area contributed by atoms with E-state index >= 15 is 0 Å². The van der Waals surface area contributed by atoms with Crippen molar-refractivity contribution in [3.8, 4) is 23.3 Å². The molecule has 0 aromatic heterocycles. The third kappa shape index (κ3) is 6.56. The second-order valence-corrected chi connectivity index (χ2v) is 9.03. The summed E-state index contributed by atoms with van der Waals surface area (Å²) in [5, 5.41) is 10.7. The van der Waals surface area contributed by atoms with Gasteiger partial charge in [-0.2, -0.15) is 0 Å². The number of rotatable bonds is 8. The first kappa shape index (κ1) is 25.5. The van der Waals surface area contributed by atoms with Gasteiger partial charge in [-0.3, -0.25) is 0 Å². The second-order valence-electron chi connectivity index (χ2n) is 8.12. The molecule has 0 fully saturated rings. The van der Waals surface area contributed by atoms with Crippen molar-refractivity contribution in [2.45, 2.75) is 12.2 Å². The maximum Gasteiger partial charge on any atom is 0.118 e. The van der Waals surface area contributed by atoms with Crippen molar-refractivity contribution in [1.29, 1.82) is 0 Å². The third-order valence-electron chi connectivity index (χ3n) is 5.80. The lowest BCUT2D eigenvalue weighted by Crippen LogP contribution is -2.07. The van der Waals surface area contributed by atoms with Crippen LogP contribution in [0.25, 0.3) is 0 Å². The molecular weight excluding hydrogens is 516 g/mol. The van der Waals surface area contributed by atoms with E-state index in [0.29, 0.717) is 0 Å². The Morgan fingerprint density at radius 1 is 0.667 bits per heavy atom. The molecule has 0 amide bonds. The van der Waals surface area contributed by atoms with Crippen LogP contribution in [0, 0.1) is 11.8 Å². The van der Waals surface area contributed by atoms with Crippen LogP contribution in [0.1, 0.15) is 40.0 Å². The number of halogens is 1. The van der Waals surface area contributed by atoms with E-state index in [1.54, 1.807) is 14.2 Å². The Labute approximate surface area is 220 Å². The van der Waals surface area contributed by atoms with Crippen LogP contribution < -0.4 is 9.47 Å². The van der Waals surface area contributed by atoms with E-state index in [-0.39, 0.29) is 12.7 Å². The summed E-state index contributed by atoms with van der Waals surface area (Å²) in [5.74, 6) is 7.82. The second kappa shape index (κ2) is 12.4. The summed E-state index contributed by atoms with van der Waals surface area (Å²) in [6.07, 6.45) is -0.960. The van der Waals surface area contributed by atoms with Gasteiger partial charge >= 0.3 is 0 Å². The van der Waals surface area contributed by atoms with Crippen LogP contribution >= 0.6 is 15.9 Å². The first-order valence-corrected chi connectivity index (χ1v) is 12.3. The first-order chi connectivity index (χ1) is 17.6. The molecule has 0 radical (unpaired) electrons. The number of benzene rings is 4. The zero-order chi connectivity index (χ0) is 25.3. The molecule has 0 saturated carbocycles. The van der Waals surface area contributed by atoms with Crippen molar-refractivity contribution >= 4 is 15.9 Å². The number of ether oxygens (including phenoxy) is 3. The van der Waals surface area contributed by atoms with Gasteiger partial charge in [-0.15, -0.1) is 0 Å². The van der Waals surface area contributed by atoms with E-state index < -0.39 is 6.10 Å². The van der Waals surface area contributed by atoms with Crippen LogP contribution in [-0.2, 0) is 4.74 Å². The molecule has 4 aromatic rings. The van der Waals surface area contributed by atoms with Crippen molar-refractivity contribution < 1.29 is 19.3 Å². The van der Waals surface area contributed by atoms with Crippen LogP contribution in [-0.4, -0.2) is 25.9 Å². The van der Waals surface area contributed by atoms with Crippen molar-refractivity contribution in [2.24, 2.45) is 0 Å². The van der Waals surface area contributed by atoms with Crippen molar-refractivity contribution in [3.05, 3.63) is 129 Å². The minimum Gasteiger partial charge on any atom is -0.497 e. The Morgan fingerprint density at radius 3 is 1.61 bits per heavy atom. The molecule has 0 aliphatic rings. The molecule has 36 heavy (non-hydrogen) atoms. The summed E-state index contributed by atoms with van der Waals surface area (Å²) in [6, 6.07) is 31.0. The largest absolute Gasteiger partial charge is 0.497 e. The molecule has 0 spiro atoms. The minimum absolute atomic E-state index is 0.250. The molecule has 0 saturated heterocycles. The van der Waals surface area contributed by atoms with E-state index in [0.717, 1.165) is 43.8 Å². The summed E-state index contributed by atoms with van der Waals surface area (Å²) in [4.78, 5) is 0. The average Bonchev–Trinajstić information content (AvgIpc) is 2.94. The molecule has 0 aliphatic heterocycles. The van der Waals surface area contributed by atoms with Crippen LogP contribution in [0.5, 0.6) is 11.5 Å². The predicted octanol–water partition coefficient (Wildman–Crippen LogP) is 6.71. The average molecular weight is 543 g/mol. The number of hydrogen-bond acceptors (Lipinski definition) is 4. The van der Waals surface area contributed by atoms with Gasteiger partial charge in [0.2, 0.25) is 0 Å². The Morgan fingerprint density at radius 2 is 1.11 bits per heavy atom. The first-order valence-electron chi connectivity index (χ1n) is 11.5. The standard InChI is InChI=1S/C31H27BrO4/c1-34-28-17-11-24(12-18-28)30(33)23-7-5-22(6-8-23)4-3-21-36-31(25-9-15-27(32)16-10-25)26-13-19-29(35-2)20-14-26/h5-20,30-31,33H,21H2,1-2H3. The number of aliphatic hydroxyl groups excluding tert-OH is 1. The molecule has 2 unspecified atom stereocenters. The maximum atomic E-state index is 10.7. The third-order valence-corrected chi connectivity index (χ3v) is 6.33. The highest BCUT2D eigenvalue weighted by atomic mass is 79.9. The highest BCUT2D eigenvalue weighted by Gasteiger charge is 2.15. The van der Waals surface area contributed by atoms with Gasteiger partial charge in [0.15, 0.2) is 0 Å². The van der Waals surface area contributed by atoms with Crippen molar-refractivity contribution in [1.82, 2.24) is 0 Å². The lowest BCUT2D eigenvalue weighted by Gasteiger charge is -2.18. The van der Waals surface area contributed by atoms with Gasteiger partial charge in [0.05, 0.1) is 14.2 Å². The zero-order valence-corrected chi connectivity index (χ0v) is 21.7. The maximum absolute atomic E-state index is 10.7. The molecule has 4 rings (SSSR count). The fourth-order valence-corrected chi connectivity index (χ4v) is 4.06. The van der Waals surface area contributed by atoms with Gasteiger partial charge in [0, 0.05) is 10.0 Å². The van der Waals surface area contributed by atoms with E-state index in [1.807, 2.05) is 97.1 Å². The summed E-state index contributed by atoms with van der Waals surface area (Å²) >= 11 is 3.49. The van der Waals surface area contributed by atoms with Gasteiger partial charge in [-0.1, -0.05) is 76.3 Å². The van der Waals surface area contributed by atoms with E-state index in [4.69, 9.17) is 14.2 Å². The van der Waals surface area contributed by atoms with E-state index in [9.17, 15) is 5.11 Å². The van der Waals surface area contributed by atoms with Gasteiger partial charge in [0.25, 0.3) is 0 Å². The predicted molar refractivity (Wildman–Crippen MR) is 145 cm³/mol. The smallest absolute Gasteiger partial charge is 0.118 e. The minimum atomic E-state index is -0.711. The van der Waals surface area contributed by atoms with Gasteiger partial charge in [-0.25, -0.2) is 0 Å². The normalized spacial score (nSPS) is 12.2.